The van der Waals surface area contributed by atoms with Crippen molar-refractivity contribution in [3.8, 4) is 11.3 Å². The second-order valence-corrected chi connectivity index (χ2v) is 6.96. The number of carbonyl (C=O) groups is 2. The summed E-state index contributed by atoms with van der Waals surface area (Å²) in [5.41, 5.74) is 0.221. The zero-order valence-electron chi connectivity index (χ0n) is 16.7. The van der Waals surface area contributed by atoms with Crippen molar-refractivity contribution in [1.82, 2.24) is 9.55 Å². The molecule has 1 amide bonds. The van der Waals surface area contributed by atoms with Gasteiger partial charge in [0.05, 0.1) is 5.56 Å². The highest BCUT2D eigenvalue weighted by Crippen LogP contribution is 2.32. The van der Waals surface area contributed by atoms with Gasteiger partial charge in [0, 0.05) is 36.3 Å². The van der Waals surface area contributed by atoms with E-state index in [2.05, 4.69) is 10.3 Å². The van der Waals surface area contributed by atoms with Crippen LogP contribution in [0.1, 0.15) is 32.3 Å². The molecule has 2 aromatic carbocycles. The Morgan fingerprint density at radius 3 is 2.44 bits per heavy atom. The number of hydrogen-bond acceptors (Lipinski definition) is 4. The van der Waals surface area contributed by atoms with Crippen molar-refractivity contribution in [3.63, 3.8) is 0 Å². The summed E-state index contributed by atoms with van der Waals surface area (Å²) in [6.07, 6.45) is -1.29. The number of furan rings is 1. The number of benzene rings is 2. The van der Waals surface area contributed by atoms with Crippen molar-refractivity contribution in [2.75, 3.05) is 5.32 Å². The minimum Gasteiger partial charge on any atom is -0.451 e. The lowest BCUT2D eigenvalue weighted by atomic mass is 10.1. The molecule has 0 unspecified atom stereocenters. The Labute approximate surface area is 180 Å². The van der Waals surface area contributed by atoms with Crippen LogP contribution in [0, 0.1) is 0 Å². The molecule has 0 aliphatic heterocycles. The Morgan fingerprint density at radius 2 is 1.78 bits per heavy atom. The maximum Gasteiger partial charge on any atom is 0.416 e. The van der Waals surface area contributed by atoms with Crippen LogP contribution >= 0.6 is 0 Å². The predicted octanol–water partition coefficient (Wildman–Crippen LogP) is 5.18. The zero-order chi connectivity index (χ0) is 22.9. The van der Waals surface area contributed by atoms with Gasteiger partial charge in [-0.3, -0.25) is 9.59 Å². The van der Waals surface area contributed by atoms with E-state index in [1.807, 2.05) is 0 Å². The average molecular weight is 439 g/mol. The van der Waals surface area contributed by atoms with Gasteiger partial charge in [0.25, 0.3) is 5.91 Å². The minimum atomic E-state index is -4.48. The van der Waals surface area contributed by atoms with Crippen LogP contribution in [0.5, 0.6) is 0 Å². The molecule has 0 radical (unpaired) electrons. The van der Waals surface area contributed by atoms with Gasteiger partial charge in [-0.2, -0.15) is 13.2 Å². The Kier molecular flexibility index (Phi) is 5.40. The molecule has 0 atom stereocenters. The topological polar surface area (TPSA) is 77.1 Å². The highest BCUT2D eigenvalue weighted by atomic mass is 19.4. The fourth-order valence-electron chi connectivity index (χ4n) is 3.07. The van der Waals surface area contributed by atoms with Crippen LogP contribution < -0.4 is 5.32 Å². The second kappa shape index (κ2) is 8.18. The van der Waals surface area contributed by atoms with Crippen molar-refractivity contribution in [2.24, 2.45) is 7.05 Å². The number of ketones is 1. The van der Waals surface area contributed by atoms with Gasteiger partial charge < -0.3 is 14.3 Å². The molecule has 6 nitrogen and oxygen atoms in total. The molecule has 0 fully saturated rings. The van der Waals surface area contributed by atoms with E-state index in [0.717, 1.165) is 12.1 Å². The number of nitrogens with zero attached hydrogens (tertiary/aromatic N) is 2. The number of alkyl halides is 3. The smallest absolute Gasteiger partial charge is 0.416 e. The average Bonchev–Trinajstić information content (AvgIpc) is 3.43. The van der Waals surface area contributed by atoms with Crippen molar-refractivity contribution in [1.29, 1.82) is 0 Å². The number of amides is 1. The molecular weight excluding hydrogens is 423 g/mol. The lowest BCUT2D eigenvalue weighted by Gasteiger charge is -2.07. The van der Waals surface area contributed by atoms with Gasteiger partial charge in [-0.05, 0) is 48.5 Å². The van der Waals surface area contributed by atoms with E-state index < -0.39 is 17.6 Å². The third kappa shape index (κ3) is 4.31. The summed E-state index contributed by atoms with van der Waals surface area (Å²) >= 11 is 0. The first-order valence-corrected chi connectivity index (χ1v) is 9.43. The number of carbonyl (C=O) groups excluding carboxylic acids is 2. The Balaban J connectivity index is 1.47. The Bertz CT molecular complexity index is 1290. The van der Waals surface area contributed by atoms with Crippen molar-refractivity contribution < 1.29 is 27.2 Å². The van der Waals surface area contributed by atoms with E-state index in [1.165, 1.54) is 30.5 Å². The standard InChI is InChI=1S/C23H16F3N3O3/c1-29-12-11-27-21(29)20(30)14-5-7-17(8-6-14)28-22(31)19-10-9-18(32-19)15-3-2-4-16(13-15)23(24,25)26/h2-13H,1H3,(H,28,31). The van der Waals surface area contributed by atoms with E-state index >= 15 is 0 Å². The van der Waals surface area contributed by atoms with Crippen molar-refractivity contribution >= 4 is 17.4 Å². The summed E-state index contributed by atoms with van der Waals surface area (Å²) in [7, 11) is 1.71. The summed E-state index contributed by atoms with van der Waals surface area (Å²) in [5, 5.41) is 2.63. The summed E-state index contributed by atoms with van der Waals surface area (Å²) in [5.74, 6) is -0.471. The van der Waals surface area contributed by atoms with Crippen LogP contribution in [-0.4, -0.2) is 21.2 Å². The lowest BCUT2D eigenvalue weighted by Crippen LogP contribution is -2.12. The molecule has 2 aromatic heterocycles. The predicted molar refractivity (Wildman–Crippen MR) is 110 cm³/mol. The van der Waals surface area contributed by atoms with E-state index in [-0.39, 0.29) is 22.9 Å². The third-order valence-electron chi connectivity index (χ3n) is 4.73. The van der Waals surface area contributed by atoms with Crippen LogP contribution in [0.15, 0.2) is 77.5 Å². The molecular formula is C23H16F3N3O3. The molecule has 0 saturated heterocycles. The second-order valence-electron chi connectivity index (χ2n) is 6.96. The van der Waals surface area contributed by atoms with Crippen LogP contribution in [0.25, 0.3) is 11.3 Å². The van der Waals surface area contributed by atoms with E-state index in [9.17, 15) is 22.8 Å². The van der Waals surface area contributed by atoms with Crippen LogP contribution in [0.4, 0.5) is 18.9 Å². The summed E-state index contributed by atoms with van der Waals surface area (Å²) in [6.45, 7) is 0. The van der Waals surface area contributed by atoms with Crippen LogP contribution in [-0.2, 0) is 13.2 Å². The molecule has 32 heavy (non-hydrogen) atoms. The maximum atomic E-state index is 12.9. The molecule has 0 aliphatic rings. The monoisotopic (exact) mass is 439 g/mol. The molecule has 0 aliphatic carbocycles. The van der Waals surface area contributed by atoms with E-state index in [1.54, 1.807) is 42.1 Å². The van der Waals surface area contributed by atoms with Gasteiger partial charge in [0.1, 0.15) is 5.76 Å². The van der Waals surface area contributed by atoms with Crippen molar-refractivity contribution in [2.45, 2.75) is 6.18 Å². The van der Waals surface area contributed by atoms with E-state index in [0.29, 0.717) is 17.1 Å². The van der Waals surface area contributed by atoms with Gasteiger partial charge >= 0.3 is 6.18 Å². The largest absolute Gasteiger partial charge is 0.451 e. The van der Waals surface area contributed by atoms with Gasteiger partial charge in [0.15, 0.2) is 11.6 Å². The lowest BCUT2D eigenvalue weighted by molar-refractivity contribution is -0.137. The van der Waals surface area contributed by atoms with Gasteiger partial charge in [-0.15, -0.1) is 0 Å². The highest BCUT2D eigenvalue weighted by Gasteiger charge is 2.30. The fourth-order valence-corrected chi connectivity index (χ4v) is 3.07. The maximum absolute atomic E-state index is 12.9. The Hall–Kier alpha value is -4.14. The van der Waals surface area contributed by atoms with E-state index in [4.69, 9.17) is 4.42 Å². The number of hydrogen-bond donors (Lipinski definition) is 1. The first-order chi connectivity index (χ1) is 15.2. The van der Waals surface area contributed by atoms with Crippen LogP contribution in [0.3, 0.4) is 0 Å². The molecule has 2 heterocycles. The first-order valence-electron chi connectivity index (χ1n) is 9.43. The SMILES string of the molecule is Cn1ccnc1C(=O)c1ccc(NC(=O)c2ccc(-c3cccc(C(F)(F)F)c3)o2)cc1. The quantitative estimate of drug-likeness (QED) is 0.435. The van der Waals surface area contributed by atoms with Crippen molar-refractivity contribution in [3.05, 3.63) is 95.8 Å². The molecule has 162 valence electrons. The molecule has 0 spiro atoms. The molecule has 0 saturated carbocycles. The number of imidazole rings is 1. The highest BCUT2D eigenvalue weighted by molar-refractivity contribution is 6.07. The number of halogens is 3. The number of anilines is 1. The molecule has 1 N–H and O–H groups in total. The summed E-state index contributed by atoms with van der Waals surface area (Å²) in [4.78, 5) is 28.9. The fraction of sp³-hybridized carbons (Fsp3) is 0.0870. The zero-order valence-corrected chi connectivity index (χ0v) is 16.7. The minimum absolute atomic E-state index is 0.0643. The number of nitrogens with one attached hydrogen (secondary N) is 1. The molecule has 4 rings (SSSR count). The number of aromatic nitrogens is 2. The first kappa shape index (κ1) is 21.1. The number of rotatable bonds is 5. The van der Waals surface area contributed by atoms with Gasteiger partial charge in [-0.25, -0.2) is 4.98 Å². The molecule has 4 aromatic rings. The van der Waals surface area contributed by atoms with Gasteiger partial charge in [-0.1, -0.05) is 12.1 Å². The molecule has 9 heteroatoms. The molecule has 0 bridgehead atoms. The normalized spacial score (nSPS) is 11.4. The van der Waals surface area contributed by atoms with Crippen LogP contribution in [0.2, 0.25) is 0 Å². The summed E-state index contributed by atoms with van der Waals surface area (Å²) in [6, 6.07) is 13.7. The summed E-state index contributed by atoms with van der Waals surface area (Å²) < 4.78 is 45.8. The number of aryl methyl sites for hydroxylation is 1. The van der Waals surface area contributed by atoms with Gasteiger partial charge in [0.2, 0.25) is 5.78 Å². The Morgan fingerprint density at radius 1 is 1.03 bits per heavy atom. The third-order valence-corrected chi connectivity index (χ3v) is 4.73.